The first-order valence-corrected chi connectivity index (χ1v) is 15.4. The van der Waals surface area contributed by atoms with Gasteiger partial charge in [0.1, 0.15) is 0 Å². The Morgan fingerprint density at radius 3 is 2.56 bits per heavy atom. The molecule has 3 atom stereocenters. The van der Waals surface area contributed by atoms with Crippen molar-refractivity contribution in [2.24, 2.45) is 11.8 Å². The summed E-state index contributed by atoms with van der Waals surface area (Å²) in [5, 5.41) is 10.2. The number of allylic oxidation sites excluding steroid dienone is 4. The normalized spacial score (nSPS) is 22.7. The minimum Gasteiger partial charge on any atom is -0.397 e. The van der Waals surface area contributed by atoms with E-state index in [0.717, 1.165) is 18.3 Å². The highest BCUT2D eigenvalue weighted by Crippen LogP contribution is 2.36. The number of unbranched alkanes of at least 4 members (excludes halogenated alkanes) is 5. The van der Waals surface area contributed by atoms with Gasteiger partial charge in [-0.1, -0.05) is 82.5 Å². The Hall–Kier alpha value is -0.343. The molecule has 2 heteroatoms. The van der Waals surface area contributed by atoms with Crippen molar-refractivity contribution < 1.29 is 5.11 Å². The van der Waals surface area contributed by atoms with E-state index in [1.54, 1.807) is 5.57 Å². The van der Waals surface area contributed by atoms with Crippen molar-refractivity contribution in [3.05, 3.63) is 23.8 Å². The molecule has 0 amide bonds. The molecule has 1 rings (SSSR count). The maximum absolute atomic E-state index is 10.2. The lowest BCUT2D eigenvalue weighted by atomic mass is 9.91. The SMILES string of the molecule is CCCCCCC=C[C@H]1CCC[C@@H]1CC=C(C)CCCCC(O)[Si](C)(C)C. The molecule has 0 aliphatic heterocycles. The van der Waals surface area contributed by atoms with E-state index < -0.39 is 8.07 Å². The molecule has 1 N–H and O–H groups in total. The third-order valence-corrected chi connectivity index (χ3v) is 8.68. The second-order valence-electron chi connectivity index (χ2n) is 10.0. The lowest BCUT2D eigenvalue weighted by molar-refractivity contribution is 0.229. The highest BCUT2D eigenvalue weighted by atomic mass is 28.3. The standard InChI is InChI=1S/C25H48OSi/c1-6-7-8-9-10-11-16-23-17-14-18-24(23)21-20-22(2)15-12-13-19-25(26)27(3,4)5/h11,16,20,23-26H,6-10,12-15,17-19,21H2,1-5H3/t23-,24+,25?/m0/s1. The predicted octanol–water partition coefficient (Wildman–Crippen LogP) is 8.06. The van der Waals surface area contributed by atoms with Crippen LogP contribution in [-0.2, 0) is 0 Å². The van der Waals surface area contributed by atoms with Crippen molar-refractivity contribution in [2.75, 3.05) is 0 Å². The van der Waals surface area contributed by atoms with Gasteiger partial charge >= 0.3 is 0 Å². The lowest BCUT2D eigenvalue weighted by Crippen LogP contribution is -2.37. The molecular formula is C25H48OSi. The van der Waals surface area contributed by atoms with Gasteiger partial charge in [0.15, 0.2) is 0 Å². The molecule has 0 saturated heterocycles. The summed E-state index contributed by atoms with van der Waals surface area (Å²) in [5.74, 6) is 1.70. The smallest absolute Gasteiger partial charge is 0.0781 e. The van der Waals surface area contributed by atoms with Crippen LogP contribution in [0.15, 0.2) is 23.8 Å². The third-order valence-electron chi connectivity index (χ3n) is 6.39. The van der Waals surface area contributed by atoms with E-state index in [0.29, 0.717) is 0 Å². The molecule has 0 aromatic rings. The van der Waals surface area contributed by atoms with Gasteiger partial charge in [-0.15, -0.1) is 0 Å². The molecule has 0 aromatic carbocycles. The quantitative estimate of drug-likeness (QED) is 0.180. The van der Waals surface area contributed by atoms with Crippen molar-refractivity contribution in [3.8, 4) is 0 Å². The van der Waals surface area contributed by atoms with Crippen molar-refractivity contribution >= 4 is 8.07 Å². The zero-order valence-corrected chi connectivity index (χ0v) is 20.1. The van der Waals surface area contributed by atoms with Crippen LogP contribution in [0.2, 0.25) is 19.6 Å². The molecule has 1 unspecified atom stereocenters. The minimum absolute atomic E-state index is 0.0326. The van der Waals surface area contributed by atoms with Gasteiger partial charge in [-0.3, -0.25) is 0 Å². The molecule has 0 spiro atoms. The molecule has 1 aliphatic carbocycles. The van der Waals surface area contributed by atoms with Crippen LogP contribution in [0.3, 0.4) is 0 Å². The van der Waals surface area contributed by atoms with Gasteiger partial charge in [-0.2, -0.15) is 0 Å². The van der Waals surface area contributed by atoms with Crippen LogP contribution in [0.25, 0.3) is 0 Å². The molecule has 1 fully saturated rings. The fourth-order valence-corrected chi connectivity index (χ4v) is 5.27. The number of hydrogen-bond acceptors (Lipinski definition) is 1. The minimum atomic E-state index is -1.37. The van der Waals surface area contributed by atoms with Crippen LogP contribution in [0.5, 0.6) is 0 Å². The Bertz CT molecular complexity index is 432. The Kier molecular flexibility index (Phi) is 12.6. The fourth-order valence-electron chi connectivity index (χ4n) is 4.20. The first-order chi connectivity index (χ1) is 12.8. The van der Waals surface area contributed by atoms with Gasteiger partial charge in [0.05, 0.1) is 8.07 Å². The van der Waals surface area contributed by atoms with Gasteiger partial charge in [-0.05, 0) is 70.1 Å². The summed E-state index contributed by atoms with van der Waals surface area (Å²) in [7, 11) is -1.37. The molecular weight excluding hydrogens is 344 g/mol. The summed E-state index contributed by atoms with van der Waals surface area (Å²) in [5.41, 5.74) is 1.53. The molecule has 0 aromatic heterocycles. The molecule has 0 radical (unpaired) electrons. The second kappa shape index (κ2) is 13.8. The maximum Gasteiger partial charge on any atom is 0.0781 e. The average Bonchev–Trinajstić information content (AvgIpc) is 3.06. The Labute approximate surface area is 171 Å². The van der Waals surface area contributed by atoms with E-state index in [-0.39, 0.29) is 5.73 Å². The Morgan fingerprint density at radius 1 is 1.07 bits per heavy atom. The van der Waals surface area contributed by atoms with E-state index in [1.807, 2.05) is 0 Å². The first-order valence-electron chi connectivity index (χ1n) is 11.8. The monoisotopic (exact) mass is 392 g/mol. The summed E-state index contributed by atoms with van der Waals surface area (Å²) in [4.78, 5) is 0. The van der Waals surface area contributed by atoms with Gasteiger partial charge in [0.25, 0.3) is 0 Å². The molecule has 1 saturated carbocycles. The molecule has 1 aliphatic rings. The summed E-state index contributed by atoms with van der Waals surface area (Å²) < 4.78 is 0. The van der Waals surface area contributed by atoms with Crippen molar-refractivity contribution in [2.45, 2.75) is 123 Å². The zero-order chi connectivity index (χ0) is 20.1. The maximum atomic E-state index is 10.2. The number of aliphatic hydroxyl groups is 1. The third kappa shape index (κ3) is 11.3. The van der Waals surface area contributed by atoms with Gasteiger partial charge < -0.3 is 5.11 Å². The van der Waals surface area contributed by atoms with E-state index in [1.165, 1.54) is 77.0 Å². The average molecular weight is 393 g/mol. The molecule has 27 heavy (non-hydrogen) atoms. The molecule has 158 valence electrons. The molecule has 0 bridgehead atoms. The lowest BCUT2D eigenvalue weighted by Gasteiger charge is -2.23. The zero-order valence-electron chi connectivity index (χ0n) is 19.1. The van der Waals surface area contributed by atoms with Crippen LogP contribution >= 0.6 is 0 Å². The summed E-state index contributed by atoms with van der Waals surface area (Å²) in [6.07, 6.45) is 24.4. The van der Waals surface area contributed by atoms with Crippen molar-refractivity contribution in [1.29, 1.82) is 0 Å². The Balaban J connectivity index is 2.23. The Morgan fingerprint density at radius 2 is 1.85 bits per heavy atom. The molecule has 0 heterocycles. The summed E-state index contributed by atoms with van der Waals surface area (Å²) in [6.45, 7) is 11.4. The van der Waals surface area contributed by atoms with Crippen LogP contribution in [0.1, 0.15) is 97.3 Å². The van der Waals surface area contributed by atoms with Gasteiger partial charge in [0, 0.05) is 5.73 Å². The van der Waals surface area contributed by atoms with E-state index >= 15 is 0 Å². The van der Waals surface area contributed by atoms with Crippen LogP contribution in [0, 0.1) is 11.8 Å². The topological polar surface area (TPSA) is 20.2 Å². The van der Waals surface area contributed by atoms with Gasteiger partial charge in [-0.25, -0.2) is 0 Å². The van der Waals surface area contributed by atoms with Crippen molar-refractivity contribution in [3.63, 3.8) is 0 Å². The van der Waals surface area contributed by atoms with E-state index in [2.05, 4.69) is 51.7 Å². The molecule has 1 nitrogen and oxygen atoms in total. The van der Waals surface area contributed by atoms with Crippen LogP contribution < -0.4 is 0 Å². The summed E-state index contributed by atoms with van der Waals surface area (Å²) in [6, 6.07) is 0. The largest absolute Gasteiger partial charge is 0.397 e. The number of hydrogen-bond donors (Lipinski definition) is 1. The second-order valence-corrected chi connectivity index (χ2v) is 15.4. The van der Waals surface area contributed by atoms with Crippen molar-refractivity contribution in [1.82, 2.24) is 0 Å². The van der Waals surface area contributed by atoms with Crippen LogP contribution in [-0.4, -0.2) is 18.9 Å². The first kappa shape index (κ1) is 24.7. The fraction of sp³-hybridized carbons (Fsp3) is 0.840. The van der Waals surface area contributed by atoms with E-state index in [9.17, 15) is 5.11 Å². The highest BCUT2D eigenvalue weighted by Gasteiger charge is 2.24. The van der Waals surface area contributed by atoms with Crippen LogP contribution in [0.4, 0.5) is 0 Å². The van der Waals surface area contributed by atoms with E-state index in [4.69, 9.17) is 0 Å². The predicted molar refractivity (Wildman–Crippen MR) is 125 cm³/mol. The van der Waals surface area contributed by atoms with Gasteiger partial charge in [0.2, 0.25) is 0 Å². The number of aliphatic hydroxyl groups excluding tert-OH is 1. The number of rotatable bonds is 14. The highest BCUT2D eigenvalue weighted by molar-refractivity contribution is 6.77. The summed E-state index contributed by atoms with van der Waals surface area (Å²) >= 11 is 0.